The minimum Gasteiger partial charge on any atom is -0.258 e. The van der Waals surface area contributed by atoms with Gasteiger partial charge in [0.25, 0.3) is 5.69 Å². The van der Waals surface area contributed by atoms with Gasteiger partial charge in [-0.05, 0) is 17.7 Å². The molecule has 1 aromatic rings. The molecule has 0 saturated carbocycles. The van der Waals surface area contributed by atoms with E-state index in [1.165, 1.54) is 17.8 Å². The summed E-state index contributed by atoms with van der Waals surface area (Å²) in [7, 11) is 0. The van der Waals surface area contributed by atoms with Crippen LogP contribution in [0, 0.1) is 16.0 Å². The zero-order valence-corrected chi connectivity index (χ0v) is 10.1. The Morgan fingerprint density at radius 3 is 2.80 bits per heavy atom. The highest BCUT2D eigenvalue weighted by molar-refractivity contribution is 7.99. The van der Waals surface area contributed by atoms with Gasteiger partial charge >= 0.3 is 0 Å². The van der Waals surface area contributed by atoms with E-state index < -0.39 is 0 Å². The van der Waals surface area contributed by atoms with E-state index in [0.717, 1.165) is 16.4 Å². The maximum absolute atomic E-state index is 10.7. The van der Waals surface area contributed by atoms with Crippen molar-refractivity contribution in [2.45, 2.75) is 11.8 Å². The zero-order chi connectivity index (χ0) is 11.3. The molecule has 1 aromatic carbocycles. The van der Waals surface area contributed by atoms with Crippen LogP contribution in [0.25, 0.3) is 0 Å². The maximum Gasteiger partial charge on any atom is 0.282 e. The third kappa shape index (κ3) is 3.76. The molecule has 82 valence electrons. The quantitative estimate of drug-likeness (QED) is 0.373. The van der Waals surface area contributed by atoms with Crippen LogP contribution in [0.4, 0.5) is 5.69 Å². The Labute approximate surface area is 98.8 Å². The maximum atomic E-state index is 10.7. The summed E-state index contributed by atoms with van der Waals surface area (Å²) < 4.78 is 0. The van der Waals surface area contributed by atoms with Crippen molar-refractivity contribution >= 4 is 30.1 Å². The highest BCUT2D eigenvalue weighted by Gasteiger charge is 2.13. The molecule has 15 heavy (non-hydrogen) atoms. The molecule has 0 aromatic heterocycles. The molecule has 0 fully saturated rings. The summed E-state index contributed by atoms with van der Waals surface area (Å²) in [5.41, 5.74) is 0.189. The second kappa shape index (κ2) is 6.02. The molecule has 0 bridgehead atoms. The monoisotopic (exact) mass is 243 g/mol. The summed E-state index contributed by atoms with van der Waals surface area (Å²) in [4.78, 5) is 11.1. The molecule has 1 rings (SSSR count). The second-order valence-electron chi connectivity index (χ2n) is 3.32. The number of hydrogen-bond donors (Lipinski definition) is 1. The van der Waals surface area contributed by atoms with Gasteiger partial charge in [-0.2, -0.15) is 12.6 Å². The number of rotatable bonds is 5. The first-order chi connectivity index (χ1) is 7.15. The van der Waals surface area contributed by atoms with Crippen LogP contribution in [0.3, 0.4) is 0 Å². The van der Waals surface area contributed by atoms with Crippen molar-refractivity contribution in [1.29, 1.82) is 0 Å². The number of thioether (sulfide) groups is 1. The number of nitro groups is 1. The van der Waals surface area contributed by atoms with Crippen molar-refractivity contribution in [3.05, 3.63) is 34.4 Å². The Balaban J connectivity index is 2.72. The summed E-state index contributed by atoms with van der Waals surface area (Å²) in [5.74, 6) is 2.11. The summed E-state index contributed by atoms with van der Waals surface area (Å²) in [5, 5.41) is 10.7. The molecule has 0 N–H and O–H groups in total. The molecule has 0 aliphatic carbocycles. The fourth-order valence-electron chi connectivity index (χ4n) is 1.01. The number of hydrogen-bond acceptors (Lipinski definition) is 4. The second-order valence-corrected chi connectivity index (χ2v) is 4.75. The lowest BCUT2D eigenvalue weighted by molar-refractivity contribution is -0.387. The van der Waals surface area contributed by atoms with Crippen LogP contribution >= 0.6 is 24.4 Å². The molecule has 3 nitrogen and oxygen atoms in total. The molecule has 0 aliphatic rings. The fraction of sp³-hybridized carbons (Fsp3) is 0.400. The minimum atomic E-state index is -0.340. The van der Waals surface area contributed by atoms with E-state index in [0.29, 0.717) is 5.92 Å². The lowest BCUT2D eigenvalue weighted by Gasteiger charge is -2.07. The normalized spacial score (nSPS) is 12.4. The molecule has 0 saturated heterocycles. The van der Waals surface area contributed by atoms with Gasteiger partial charge in [0, 0.05) is 11.8 Å². The van der Waals surface area contributed by atoms with Crippen LogP contribution < -0.4 is 0 Å². The van der Waals surface area contributed by atoms with E-state index in [1.54, 1.807) is 12.1 Å². The molecule has 5 heteroatoms. The third-order valence-corrected chi connectivity index (χ3v) is 3.91. The molecule has 0 spiro atoms. The molecular weight excluding hydrogens is 230 g/mol. The van der Waals surface area contributed by atoms with E-state index in [1.807, 2.05) is 6.07 Å². The molecule has 0 radical (unpaired) electrons. The van der Waals surface area contributed by atoms with E-state index in [2.05, 4.69) is 19.6 Å². The van der Waals surface area contributed by atoms with Gasteiger partial charge in [-0.1, -0.05) is 19.1 Å². The zero-order valence-electron chi connectivity index (χ0n) is 8.42. The van der Waals surface area contributed by atoms with Crippen molar-refractivity contribution in [3.63, 3.8) is 0 Å². The number of para-hydroxylation sites is 1. The topological polar surface area (TPSA) is 43.1 Å². The standard InChI is InChI=1S/C10H13NO2S2/c1-8(6-14)7-15-10-5-3-2-4-9(10)11(12)13/h2-5,8,14H,6-7H2,1H3. The molecular formula is C10H13NO2S2. The number of benzene rings is 1. The lowest BCUT2D eigenvalue weighted by atomic mass is 10.3. The van der Waals surface area contributed by atoms with Crippen LogP contribution in [0.1, 0.15) is 6.92 Å². The van der Waals surface area contributed by atoms with E-state index in [-0.39, 0.29) is 10.6 Å². The van der Waals surface area contributed by atoms with Crippen molar-refractivity contribution in [2.24, 2.45) is 5.92 Å². The Morgan fingerprint density at radius 1 is 1.53 bits per heavy atom. The van der Waals surface area contributed by atoms with Gasteiger partial charge in [0.05, 0.1) is 9.82 Å². The SMILES string of the molecule is CC(CS)CSc1ccccc1[N+](=O)[O-]. The van der Waals surface area contributed by atoms with Gasteiger partial charge in [-0.25, -0.2) is 0 Å². The Morgan fingerprint density at radius 2 is 2.20 bits per heavy atom. The van der Waals surface area contributed by atoms with Gasteiger partial charge < -0.3 is 0 Å². The van der Waals surface area contributed by atoms with E-state index >= 15 is 0 Å². The van der Waals surface area contributed by atoms with Gasteiger partial charge in [-0.3, -0.25) is 10.1 Å². The molecule has 1 atom stereocenters. The van der Waals surface area contributed by atoms with Crippen LogP contribution in [0.2, 0.25) is 0 Å². The molecule has 0 heterocycles. The van der Waals surface area contributed by atoms with Crippen molar-refractivity contribution in [2.75, 3.05) is 11.5 Å². The molecule has 0 amide bonds. The largest absolute Gasteiger partial charge is 0.282 e. The van der Waals surface area contributed by atoms with Gasteiger partial charge in [0.1, 0.15) is 0 Å². The predicted octanol–water partition coefficient (Wildman–Crippen LogP) is 3.25. The van der Waals surface area contributed by atoms with Crippen molar-refractivity contribution in [1.82, 2.24) is 0 Å². The Bertz CT molecular complexity index is 344. The molecule has 0 aliphatic heterocycles. The first kappa shape index (κ1) is 12.4. The van der Waals surface area contributed by atoms with Gasteiger partial charge in [0.2, 0.25) is 0 Å². The predicted molar refractivity (Wildman–Crippen MR) is 66.8 cm³/mol. The van der Waals surface area contributed by atoms with Crippen LogP contribution in [0.15, 0.2) is 29.2 Å². The number of nitrogens with zero attached hydrogens (tertiary/aromatic N) is 1. The lowest BCUT2D eigenvalue weighted by Crippen LogP contribution is -2.00. The van der Waals surface area contributed by atoms with Gasteiger partial charge in [0.15, 0.2) is 0 Å². The van der Waals surface area contributed by atoms with Gasteiger partial charge in [-0.15, -0.1) is 11.8 Å². The average molecular weight is 243 g/mol. The highest BCUT2D eigenvalue weighted by atomic mass is 32.2. The first-order valence-corrected chi connectivity index (χ1v) is 6.24. The Kier molecular flexibility index (Phi) is 4.98. The highest BCUT2D eigenvalue weighted by Crippen LogP contribution is 2.29. The first-order valence-electron chi connectivity index (χ1n) is 4.62. The molecule has 1 unspecified atom stereocenters. The minimum absolute atomic E-state index is 0.189. The number of nitro benzene ring substituents is 1. The third-order valence-electron chi connectivity index (χ3n) is 1.90. The van der Waals surface area contributed by atoms with E-state index in [4.69, 9.17) is 0 Å². The Hall–Kier alpha value is -0.680. The number of thiol groups is 1. The summed E-state index contributed by atoms with van der Waals surface area (Å²) >= 11 is 5.70. The van der Waals surface area contributed by atoms with Crippen LogP contribution in [-0.4, -0.2) is 16.4 Å². The smallest absolute Gasteiger partial charge is 0.258 e. The van der Waals surface area contributed by atoms with Crippen LogP contribution in [-0.2, 0) is 0 Å². The van der Waals surface area contributed by atoms with E-state index in [9.17, 15) is 10.1 Å². The summed E-state index contributed by atoms with van der Waals surface area (Å²) in [6.45, 7) is 2.08. The summed E-state index contributed by atoms with van der Waals surface area (Å²) in [6.07, 6.45) is 0. The fourth-order valence-corrected chi connectivity index (χ4v) is 2.37. The van der Waals surface area contributed by atoms with Crippen molar-refractivity contribution in [3.8, 4) is 0 Å². The van der Waals surface area contributed by atoms with Crippen LogP contribution in [0.5, 0.6) is 0 Å². The summed E-state index contributed by atoms with van der Waals surface area (Å²) in [6, 6.07) is 6.83. The average Bonchev–Trinajstić information content (AvgIpc) is 2.26. The van der Waals surface area contributed by atoms with Crippen molar-refractivity contribution < 1.29 is 4.92 Å².